The predicted molar refractivity (Wildman–Crippen MR) is 49.0 cm³/mol. The topological polar surface area (TPSA) is 3.24 Å². The molecule has 0 atom stereocenters. The molecule has 0 radical (unpaired) electrons. The zero-order valence-electron chi connectivity index (χ0n) is 7.09. The molecule has 0 aliphatic carbocycles. The van der Waals surface area contributed by atoms with E-state index in [0.29, 0.717) is 0 Å². The second kappa shape index (κ2) is 4.02. The van der Waals surface area contributed by atoms with E-state index in [1.165, 1.54) is 12.8 Å². The molecule has 1 aliphatic rings. The number of nitrogens with zero attached hydrogens (tertiary/aromatic N) is 1. The first-order valence-electron chi connectivity index (χ1n) is 4.15. The molecule has 0 bridgehead atoms. The molecule has 0 aromatic rings. The monoisotopic (exact) mass is 149 g/mol. The second-order valence-electron chi connectivity index (χ2n) is 2.74. The van der Waals surface area contributed by atoms with Crippen molar-refractivity contribution in [1.29, 1.82) is 0 Å². The fourth-order valence-corrected chi connectivity index (χ4v) is 1.06. The van der Waals surface area contributed by atoms with Gasteiger partial charge in [-0.2, -0.15) is 0 Å². The lowest BCUT2D eigenvalue weighted by Gasteiger charge is -2.22. The number of allylic oxidation sites excluding steroid dienone is 3. The molecule has 1 aliphatic heterocycles. The molecule has 0 spiro atoms. The van der Waals surface area contributed by atoms with E-state index in [-0.39, 0.29) is 0 Å². The van der Waals surface area contributed by atoms with Crippen LogP contribution < -0.4 is 0 Å². The van der Waals surface area contributed by atoms with Crippen LogP contribution in [0.1, 0.15) is 19.8 Å². The first kappa shape index (κ1) is 8.12. The molecule has 0 fully saturated rings. The maximum absolute atomic E-state index is 3.94. The van der Waals surface area contributed by atoms with Gasteiger partial charge in [0.15, 0.2) is 0 Å². The van der Waals surface area contributed by atoms with Gasteiger partial charge >= 0.3 is 0 Å². The molecular formula is C10H15N. The van der Waals surface area contributed by atoms with Crippen LogP contribution in [0.4, 0.5) is 0 Å². The van der Waals surface area contributed by atoms with E-state index >= 15 is 0 Å². The highest BCUT2D eigenvalue weighted by atomic mass is 15.1. The summed E-state index contributed by atoms with van der Waals surface area (Å²) < 4.78 is 0. The van der Waals surface area contributed by atoms with Crippen LogP contribution in [0, 0.1) is 0 Å². The Bertz CT molecular complexity index is 189. The Morgan fingerprint density at radius 3 is 2.91 bits per heavy atom. The van der Waals surface area contributed by atoms with Gasteiger partial charge in [0.2, 0.25) is 0 Å². The molecule has 0 saturated carbocycles. The van der Waals surface area contributed by atoms with Crippen LogP contribution in [-0.2, 0) is 0 Å². The van der Waals surface area contributed by atoms with Crippen molar-refractivity contribution in [1.82, 2.24) is 4.90 Å². The summed E-state index contributed by atoms with van der Waals surface area (Å²) in [6.45, 7) is 7.23. The van der Waals surface area contributed by atoms with Gasteiger partial charge in [-0.05, 0) is 18.6 Å². The minimum atomic E-state index is 1.09. The molecule has 0 unspecified atom stereocenters. The molecule has 11 heavy (non-hydrogen) atoms. The quantitative estimate of drug-likeness (QED) is 0.596. The Labute approximate surface area is 68.7 Å². The van der Waals surface area contributed by atoms with Crippen molar-refractivity contribution in [3.63, 3.8) is 0 Å². The van der Waals surface area contributed by atoms with Crippen molar-refractivity contribution in [3.05, 3.63) is 36.7 Å². The predicted octanol–water partition coefficient (Wildman–Crippen LogP) is 2.69. The normalized spacial score (nSPS) is 16.1. The van der Waals surface area contributed by atoms with Crippen molar-refractivity contribution in [2.75, 3.05) is 6.54 Å². The Morgan fingerprint density at radius 1 is 1.45 bits per heavy atom. The minimum Gasteiger partial charge on any atom is -0.348 e. The lowest BCUT2D eigenvalue weighted by molar-refractivity contribution is 0.460. The number of unbranched alkanes of at least 4 members (excludes halogenated alkanes) is 1. The maximum Gasteiger partial charge on any atom is 0.0333 e. The Morgan fingerprint density at radius 2 is 2.27 bits per heavy atom. The van der Waals surface area contributed by atoms with Crippen molar-refractivity contribution < 1.29 is 0 Å². The molecule has 0 aromatic carbocycles. The summed E-state index contributed by atoms with van der Waals surface area (Å²) in [5.41, 5.74) is 1.10. The number of rotatable bonds is 3. The van der Waals surface area contributed by atoms with Gasteiger partial charge in [0.1, 0.15) is 0 Å². The molecule has 1 nitrogen and oxygen atoms in total. The third-order valence-electron chi connectivity index (χ3n) is 1.79. The average Bonchev–Trinajstić information content (AvgIpc) is 2.03. The zero-order chi connectivity index (χ0) is 8.10. The van der Waals surface area contributed by atoms with Crippen LogP contribution in [0.5, 0.6) is 0 Å². The molecule has 0 N–H and O–H groups in total. The van der Waals surface area contributed by atoms with Gasteiger partial charge in [0.05, 0.1) is 0 Å². The van der Waals surface area contributed by atoms with Gasteiger partial charge in [0.25, 0.3) is 0 Å². The van der Waals surface area contributed by atoms with Crippen molar-refractivity contribution in [2.45, 2.75) is 19.8 Å². The van der Waals surface area contributed by atoms with Crippen LogP contribution in [0.25, 0.3) is 0 Å². The van der Waals surface area contributed by atoms with Gasteiger partial charge in [-0.25, -0.2) is 0 Å². The van der Waals surface area contributed by atoms with Crippen molar-refractivity contribution in [2.24, 2.45) is 0 Å². The van der Waals surface area contributed by atoms with E-state index < -0.39 is 0 Å². The summed E-state index contributed by atoms with van der Waals surface area (Å²) in [6.07, 6.45) is 10.7. The van der Waals surface area contributed by atoms with Crippen LogP contribution in [-0.4, -0.2) is 11.4 Å². The summed E-state index contributed by atoms with van der Waals surface area (Å²) in [7, 11) is 0. The minimum absolute atomic E-state index is 1.09. The zero-order valence-corrected chi connectivity index (χ0v) is 7.09. The van der Waals surface area contributed by atoms with Crippen molar-refractivity contribution in [3.8, 4) is 0 Å². The first-order chi connectivity index (χ1) is 5.34. The smallest absolute Gasteiger partial charge is 0.0333 e. The van der Waals surface area contributed by atoms with E-state index in [0.717, 1.165) is 12.2 Å². The number of hydrogen-bond donors (Lipinski definition) is 0. The summed E-state index contributed by atoms with van der Waals surface area (Å²) >= 11 is 0. The van der Waals surface area contributed by atoms with Gasteiger partial charge in [-0.1, -0.05) is 26.0 Å². The molecule has 1 heteroatoms. The van der Waals surface area contributed by atoms with Gasteiger partial charge in [0, 0.05) is 18.4 Å². The molecule has 0 saturated heterocycles. The molecule has 1 rings (SSSR count). The fraction of sp³-hybridized carbons (Fsp3) is 0.400. The Kier molecular flexibility index (Phi) is 2.96. The van der Waals surface area contributed by atoms with Gasteiger partial charge < -0.3 is 4.90 Å². The SMILES string of the molecule is C=C1C=CC=CN1CCCC. The van der Waals surface area contributed by atoms with E-state index in [9.17, 15) is 0 Å². The summed E-state index contributed by atoms with van der Waals surface area (Å²) in [5, 5.41) is 0. The van der Waals surface area contributed by atoms with Crippen LogP contribution in [0.2, 0.25) is 0 Å². The van der Waals surface area contributed by atoms with Gasteiger partial charge in [-0.3, -0.25) is 0 Å². The average molecular weight is 149 g/mol. The molecule has 60 valence electrons. The van der Waals surface area contributed by atoms with E-state index in [4.69, 9.17) is 0 Å². The lowest BCUT2D eigenvalue weighted by atomic mass is 10.2. The standard InChI is InChI=1S/C10H15N/c1-3-4-8-11-9-6-5-7-10(11)2/h5-7,9H,2-4,8H2,1H3. The van der Waals surface area contributed by atoms with Crippen LogP contribution in [0.3, 0.4) is 0 Å². The van der Waals surface area contributed by atoms with Crippen molar-refractivity contribution >= 4 is 0 Å². The third kappa shape index (κ3) is 2.26. The molecule has 1 heterocycles. The largest absolute Gasteiger partial charge is 0.348 e. The van der Waals surface area contributed by atoms with E-state index in [1.54, 1.807) is 0 Å². The molecule has 0 amide bonds. The number of hydrogen-bond acceptors (Lipinski definition) is 1. The highest BCUT2D eigenvalue weighted by Gasteiger charge is 2.01. The van der Waals surface area contributed by atoms with Crippen LogP contribution in [0.15, 0.2) is 36.7 Å². The van der Waals surface area contributed by atoms with Crippen LogP contribution >= 0.6 is 0 Å². The van der Waals surface area contributed by atoms with Gasteiger partial charge in [-0.15, -0.1) is 0 Å². The first-order valence-corrected chi connectivity index (χ1v) is 4.15. The third-order valence-corrected chi connectivity index (χ3v) is 1.79. The fourth-order valence-electron chi connectivity index (χ4n) is 1.06. The van der Waals surface area contributed by atoms with E-state index in [2.05, 4.69) is 24.6 Å². The van der Waals surface area contributed by atoms with E-state index in [1.807, 2.05) is 18.2 Å². The molecule has 0 aromatic heterocycles. The highest BCUT2D eigenvalue weighted by molar-refractivity contribution is 5.25. The Hall–Kier alpha value is -0.980. The summed E-state index contributed by atoms with van der Waals surface area (Å²) in [6, 6.07) is 0. The summed E-state index contributed by atoms with van der Waals surface area (Å²) in [5.74, 6) is 0. The maximum atomic E-state index is 3.94. The lowest BCUT2D eigenvalue weighted by Crippen LogP contribution is -2.17. The summed E-state index contributed by atoms with van der Waals surface area (Å²) in [4.78, 5) is 2.18. The highest BCUT2D eigenvalue weighted by Crippen LogP contribution is 2.10. The second-order valence-corrected chi connectivity index (χ2v) is 2.74. The molecular weight excluding hydrogens is 134 g/mol. The Balaban J connectivity index is 2.39.